The molecular weight excluding hydrogens is 352 g/mol. The zero-order valence-corrected chi connectivity index (χ0v) is 17.3. The fourth-order valence-corrected chi connectivity index (χ4v) is 3.86. The first-order chi connectivity index (χ1) is 13.7. The lowest BCUT2D eigenvalue weighted by Gasteiger charge is -2.32. The van der Waals surface area contributed by atoms with E-state index in [4.69, 9.17) is 18.9 Å². The van der Waals surface area contributed by atoms with Crippen LogP contribution in [0, 0.1) is 0 Å². The van der Waals surface area contributed by atoms with Crippen molar-refractivity contribution in [3.63, 3.8) is 0 Å². The normalized spacial score (nSPS) is 17.3. The minimum atomic E-state index is -0.116. The van der Waals surface area contributed by atoms with E-state index in [1.807, 2.05) is 24.3 Å². The maximum Gasteiger partial charge on any atom is 0.157 e. The molecule has 1 atom stereocenters. The predicted octanol–water partition coefficient (Wildman–Crippen LogP) is 5.33. The van der Waals surface area contributed by atoms with Gasteiger partial charge in [0.25, 0.3) is 0 Å². The number of rotatable bonds is 9. The highest BCUT2D eigenvalue weighted by Crippen LogP contribution is 2.38. The molecule has 152 valence electrons. The zero-order chi connectivity index (χ0) is 19.8. The van der Waals surface area contributed by atoms with Crippen LogP contribution < -0.4 is 9.47 Å². The third kappa shape index (κ3) is 5.06. The monoisotopic (exact) mass is 384 g/mol. The second kappa shape index (κ2) is 9.94. The van der Waals surface area contributed by atoms with Gasteiger partial charge in [-0.15, -0.1) is 0 Å². The number of hydrogen-bond donors (Lipinski definition) is 0. The average Bonchev–Trinajstić information content (AvgIpc) is 2.77. The van der Waals surface area contributed by atoms with Gasteiger partial charge in [-0.25, -0.2) is 0 Å². The first-order valence-electron chi connectivity index (χ1n) is 10.2. The van der Waals surface area contributed by atoms with E-state index >= 15 is 0 Å². The van der Waals surface area contributed by atoms with Gasteiger partial charge < -0.3 is 18.9 Å². The van der Waals surface area contributed by atoms with Gasteiger partial charge in [-0.2, -0.15) is 0 Å². The van der Waals surface area contributed by atoms with Crippen LogP contribution in [0.4, 0.5) is 0 Å². The van der Waals surface area contributed by atoms with Crippen LogP contribution in [-0.2, 0) is 14.9 Å². The SMILES string of the molecule is COc1ccc(C(C)(CCCOC2CCCCO2)c2ccc(OC)cc2)cc1. The second-order valence-electron chi connectivity index (χ2n) is 7.56. The Hall–Kier alpha value is -2.04. The Morgan fingerprint density at radius 1 is 0.893 bits per heavy atom. The summed E-state index contributed by atoms with van der Waals surface area (Å²) in [6.45, 7) is 3.83. The van der Waals surface area contributed by atoms with E-state index in [9.17, 15) is 0 Å². The highest BCUT2D eigenvalue weighted by atomic mass is 16.7. The molecule has 4 nitrogen and oxygen atoms in total. The van der Waals surface area contributed by atoms with Crippen molar-refractivity contribution in [3.05, 3.63) is 59.7 Å². The van der Waals surface area contributed by atoms with E-state index in [0.717, 1.165) is 43.8 Å². The van der Waals surface area contributed by atoms with Crippen molar-refractivity contribution >= 4 is 0 Å². The van der Waals surface area contributed by atoms with Crippen LogP contribution in [0.2, 0.25) is 0 Å². The Bertz CT molecular complexity index is 655. The summed E-state index contributed by atoms with van der Waals surface area (Å²) < 4.78 is 22.3. The lowest BCUT2D eigenvalue weighted by Crippen LogP contribution is -2.26. The van der Waals surface area contributed by atoms with Crippen LogP contribution in [0.1, 0.15) is 50.2 Å². The smallest absolute Gasteiger partial charge is 0.157 e. The van der Waals surface area contributed by atoms with Crippen LogP contribution in [0.3, 0.4) is 0 Å². The summed E-state index contributed by atoms with van der Waals surface area (Å²) in [5.41, 5.74) is 2.43. The van der Waals surface area contributed by atoms with Crippen molar-refractivity contribution in [2.45, 2.75) is 50.7 Å². The summed E-state index contributed by atoms with van der Waals surface area (Å²) >= 11 is 0. The van der Waals surface area contributed by atoms with Crippen molar-refractivity contribution in [3.8, 4) is 11.5 Å². The fourth-order valence-electron chi connectivity index (χ4n) is 3.86. The van der Waals surface area contributed by atoms with Gasteiger partial charge in [0.15, 0.2) is 6.29 Å². The average molecular weight is 385 g/mol. The third-order valence-electron chi connectivity index (χ3n) is 5.72. The molecule has 1 saturated heterocycles. The van der Waals surface area contributed by atoms with Gasteiger partial charge in [-0.05, 0) is 67.5 Å². The van der Waals surface area contributed by atoms with E-state index in [-0.39, 0.29) is 11.7 Å². The summed E-state index contributed by atoms with van der Waals surface area (Å²) in [5, 5.41) is 0. The number of benzene rings is 2. The van der Waals surface area contributed by atoms with Crippen molar-refractivity contribution in [1.82, 2.24) is 0 Å². The molecule has 0 aliphatic carbocycles. The summed E-state index contributed by atoms with van der Waals surface area (Å²) in [7, 11) is 3.39. The summed E-state index contributed by atoms with van der Waals surface area (Å²) in [4.78, 5) is 0. The quantitative estimate of drug-likeness (QED) is 0.547. The van der Waals surface area contributed by atoms with Gasteiger partial charge in [0, 0.05) is 18.6 Å². The molecule has 0 N–H and O–H groups in total. The van der Waals surface area contributed by atoms with E-state index in [2.05, 4.69) is 31.2 Å². The molecule has 1 unspecified atom stereocenters. The van der Waals surface area contributed by atoms with E-state index < -0.39 is 0 Å². The maximum atomic E-state index is 5.96. The molecule has 0 spiro atoms. The molecule has 1 heterocycles. The summed E-state index contributed by atoms with van der Waals surface area (Å²) in [6, 6.07) is 16.8. The molecule has 28 heavy (non-hydrogen) atoms. The van der Waals surface area contributed by atoms with Crippen molar-refractivity contribution in [2.24, 2.45) is 0 Å². The molecule has 0 aromatic heterocycles. The highest BCUT2D eigenvalue weighted by Gasteiger charge is 2.29. The Balaban J connectivity index is 1.72. The number of methoxy groups -OCH3 is 2. The fraction of sp³-hybridized carbons (Fsp3) is 0.500. The van der Waals surface area contributed by atoms with Gasteiger partial charge >= 0.3 is 0 Å². The van der Waals surface area contributed by atoms with Crippen LogP contribution >= 0.6 is 0 Å². The molecular formula is C24H32O4. The van der Waals surface area contributed by atoms with Crippen LogP contribution in [0.15, 0.2) is 48.5 Å². The molecule has 0 saturated carbocycles. The molecule has 0 radical (unpaired) electrons. The topological polar surface area (TPSA) is 36.9 Å². The van der Waals surface area contributed by atoms with Gasteiger partial charge in [-0.1, -0.05) is 31.2 Å². The largest absolute Gasteiger partial charge is 0.497 e. The van der Waals surface area contributed by atoms with Crippen LogP contribution in [0.25, 0.3) is 0 Å². The Kier molecular flexibility index (Phi) is 7.35. The highest BCUT2D eigenvalue weighted by molar-refractivity contribution is 5.42. The van der Waals surface area contributed by atoms with E-state index in [0.29, 0.717) is 6.61 Å². The molecule has 3 rings (SSSR count). The minimum Gasteiger partial charge on any atom is -0.497 e. The standard InChI is InChI=1S/C24H32O4/c1-24(19-8-12-21(25-2)13-9-19,20-10-14-22(26-3)15-11-20)16-6-18-28-23-7-4-5-17-27-23/h8-15,23H,4-7,16-18H2,1-3H3. The first kappa shape index (κ1) is 20.7. The second-order valence-corrected chi connectivity index (χ2v) is 7.56. The van der Waals surface area contributed by atoms with Crippen LogP contribution in [0.5, 0.6) is 11.5 Å². The molecule has 1 aliphatic rings. The lowest BCUT2D eigenvalue weighted by atomic mass is 9.73. The molecule has 1 aliphatic heterocycles. The maximum absolute atomic E-state index is 5.96. The van der Waals surface area contributed by atoms with E-state index in [1.165, 1.54) is 17.5 Å². The van der Waals surface area contributed by atoms with Gasteiger partial charge in [0.1, 0.15) is 11.5 Å². The zero-order valence-electron chi connectivity index (χ0n) is 17.3. The minimum absolute atomic E-state index is 0.0259. The molecule has 1 fully saturated rings. The Morgan fingerprint density at radius 3 is 1.93 bits per heavy atom. The number of ether oxygens (including phenoxy) is 4. The van der Waals surface area contributed by atoms with Gasteiger partial charge in [0.05, 0.1) is 14.2 Å². The third-order valence-corrected chi connectivity index (χ3v) is 5.72. The summed E-state index contributed by atoms with van der Waals surface area (Å²) in [5.74, 6) is 1.75. The Labute approximate surface area is 168 Å². The summed E-state index contributed by atoms with van der Waals surface area (Å²) in [6.07, 6.45) is 5.27. The van der Waals surface area contributed by atoms with E-state index in [1.54, 1.807) is 14.2 Å². The molecule has 2 aromatic carbocycles. The molecule has 4 heteroatoms. The van der Waals surface area contributed by atoms with Gasteiger partial charge in [-0.3, -0.25) is 0 Å². The first-order valence-corrected chi connectivity index (χ1v) is 10.2. The number of hydrogen-bond acceptors (Lipinski definition) is 4. The Morgan fingerprint density at radius 2 is 1.46 bits per heavy atom. The van der Waals surface area contributed by atoms with Crippen molar-refractivity contribution < 1.29 is 18.9 Å². The molecule has 2 aromatic rings. The predicted molar refractivity (Wildman–Crippen MR) is 111 cm³/mol. The molecule has 0 bridgehead atoms. The van der Waals surface area contributed by atoms with Crippen LogP contribution in [-0.4, -0.2) is 33.7 Å². The molecule has 0 amide bonds. The van der Waals surface area contributed by atoms with Crippen molar-refractivity contribution in [2.75, 3.05) is 27.4 Å². The van der Waals surface area contributed by atoms with Crippen molar-refractivity contribution in [1.29, 1.82) is 0 Å². The van der Waals surface area contributed by atoms with Gasteiger partial charge in [0.2, 0.25) is 0 Å². The lowest BCUT2D eigenvalue weighted by molar-refractivity contribution is -0.163.